The molecule has 2 aliphatic rings. The van der Waals surface area contributed by atoms with Crippen LogP contribution in [0.5, 0.6) is 0 Å². The zero-order valence-electron chi connectivity index (χ0n) is 10.9. The zero-order chi connectivity index (χ0) is 12.8. The second-order valence-electron chi connectivity index (χ2n) is 5.54. The third-order valence-corrected chi connectivity index (χ3v) is 4.23. The lowest BCUT2D eigenvalue weighted by Gasteiger charge is -2.27. The van der Waals surface area contributed by atoms with Crippen molar-refractivity contribution in [3.8, 4) is 11.5 Å². The van der Waals surface area contributed by atoms with Crippen LogP contribution >= 0.6 is 0 Å². The van der Waals surface area contributed by atoms with Crippen molar-refractivity contribution in [2.75, 3.05) is 11.4 Å². The second kappa shape index (κ2) is 4.05. The Balaban J connectivity index is 1.59. The van der Waals surface area contributed by atoms with Crippen LogP contribution in [0.4, 0.5) is 5.82 Å². The van der Waals surface area contributed by atoms with E-state index < -0.39 is 0 Å². The minimum Gasteiger partial charge on any atom is -0.353 e. The highest BCUT2D eigenvalue weighted by Gasteiger charge is 2.38. The van der Waals surface area contributed by atoms with Gasteiger partial charge in [0.15, 0.2) is 5.82 Å². The molecule has 0 spiro atoms. The van der Waals surface area contributed by atoms with E-state index in [0.29, 0.717) is 17.8 Å². The van der Waals surface area contributed by atoms with Crippen LogP contribution in [0.15, 0.2) is 22.9 Å². The summed E-state index contributed by atoms with van der Waals surface area (Å²) in [4.78, 5) is 11.2. The van der Waals surface area contributed by atoms with Gasteiger partial charge in [-0.2, -0.15) is 4.98 Å². The Morgan fingerprint density at radius 2 is 2.26 bits per heavy atom. The number of aromatic nitrogens is 3. The minimum atomic E-state index is 0.541. The van der Waals surface area contributed by atoms with Gasteiger partial charge in [-0.05, 0) is 44.2 Å². The number of pyridine rings is 1. The van der Waals surface area contributed by atoms with Gasteiger partial charge in [0.1, 0.15) is 5.82 Å². The van der Waals surface area contributed by atoms with E-state index in [4.69, 9.17) is 4.52 Å². The molecule has 2 aromatic rings. The van der Waals surface area contributed by atoms with Crippen molar-refractivity contribution in [1.29, 1.82) is 0 Å². The zero-order valence-corrected chi connectivity index (χ0v) is 10.9. The Kier molecular flexibility index (Phi) is 2.33. The Hall–Kier alpha value is -1.91. The Bertz CT molecular complexity index is 592. The van der Waals surface area contributed by atoms with Gasteiger partial charge in [-0.3, -0.25) is 0 Å². The van der Waals surface area contributed by atoms with E-state index in [0.717, 1.165) is 23.8 Å². The SMILES string of the molecule is Cc1noc(-c2ccc(N3C[C@H]4CC[C@H]3C4)nc2)n1. The third kappa shape index (κ3) is 1.80. The van der Waals surface area contributed by atoms with Crippen LogP contribution in [0.2, 0.25) is 0 Å². The average molecular weight is 256 g/mol. The summed E-state index contributed by atoms with van der Waals surface area (Å²) >= 11 is 0. The van der Waals surface area contributed by atoms with E-state index in [9.17, 15) is 0 Å². The van der Waals surface area contributed by atoms with Gasteiger partial charge >= 0.3 is 0 Å². The van der Waals surface area contributed by atoms with Gasteiger partial charge in [0.05, 0.1) is 5.56 Å². The van der Waals surface area contributed by atoms with Gasteiger partial charge in [0, 0.05) is 18.8 Å². The lowest BCUT2D eigenvalue weighted by molar-refractivity contribution is 0.425. The summed E-state index contributed by atoms with van der Waals surface area (Å²) in [7, 11) is 0. The number of nitrogens with zero attached hydrogens (tertiary/aromatic N) is 4. The van der Waals surface area contributed by atoms with Crippen LogP contribution in [0.3, 0.4) is 0 Å². The fourth-order valence-electron chi connectivity index (χ4n) is 3.30. The Labute approximate surface area is 111 Å². The molecule has 1 aliphatic heterocycles. The first kappa shape index (κ1) is 11.0. The van der Waals surface area contributed by atoms with Crippen LogP contribution in [0.25, 0.3) is 11.5 Å². The van der Waals surface area contributed by atoms with Crippen LogP contribution in [-0.4, -0.2) is 27.7 Å². The number of anilines is 1. The molecule has 0 amide bonds. The van der Waals surface area contributed by atoms with Gasteiger partial charge < -0.3 is 9.42 Å². The molecule has 98 valence electrons. The summed E-state index contributed by atoms with van der Waals surface area (Å²) in [6, 6.07) is 4.78. The molecule has 1 saturated heterocycles. The summed E-state index contributed by atoms with van der Waals surface area (Å²) in [5.41, 5.74) is 0.883. The fourth-order valence-corrected chi connectivity index (χ4v) is 3.30. The first-order valence-electron chi connectivity index (χ1n) is 6.83. The highest BCUT2D eigenvalue weighted by molar-refractivity contribution is 5.55. The molecule has 19 heavy (non-hydrogen) atoms. The third-order valence-electron chi connectivity index (χ3n) is 4.23. The van der Waals surface area contributed by atoms with Gasteiger partial charge in [-0.15, -0.1) is 0 Å². The Morgan fingerprint density at radius 3 is 2.84 bits per heavy atom. The number of aryl methyl sites for hydroxylation is 1. The van der Waals surface area contributed by atoms with Crippen LogP contribution < -0.4 is 4.90 Å². The van der Waals surface area contributed by atoms with E-state index in [1.54, 1.807) is 0 Å². The van der Waals surface area contributed by atoms with Crippen molar-refractivity contribution in [2.45, 2.75) is 32.2 Å². The molecule has 4 rings (SSSR count). The van der Waals surface area contributed by atoms with Crippen molar-refractivity contribution in [3.05, 3.63) is 24.2 Å². The lowest BCUT2D eigenvalue weighted by Crippen LogP contribution is -2.32. The number of hydrogen-bond donors (Lipinski definition) is 0. The number of rotatable bonds is 2. The van der Waals surface area contributed by atoms with Crippen molar-refractivity contribution in [1.82, 2.24) is 15.1 Å². The predicted octanol–water partition coefficient (Wildman–Crippen LogP) is 2.43. The minimum absolute atomic E-state index is 0.541. The summed E-state index contributed by atoms with van der Waals surface area (Å²) in [5.74, 6) is 3.15. The largest absolute Gasteiger partial charge is 0.353 e. The molecule has 2 atom stereocenters. The van der Waals surface area contributed by atoms with E-state index in [2.05, 4.69) is 26.1 Å². The van der Waals surface area contributed by atoms with E-state index in [-0.39, 0.29) is 0 Å². The van der Waals surface area contributed by atoms with E-state index in [1.807, 2.05) is 19.2 Å². The molecule has 0 radical (unpaired) electrons. The average Bonchev–Trinajstić information content (AvgIpc) is 3.14. The van der Waals surface area contributed by atoms with Gasteiger partial charge in [0.25, 0.3) is 5.89 Å². The highest BCUT2D eigenvalue weighted by atomic mass is 16.5. The summed E-state index contributed by atoms with van der Waals surface area (Å²) in [6.45, 7) is 2.98. The highest BCUT2D eigenvalue weighted by Crippen LogP contribution is 2.39. The first-order valence-corrected chi connectivity index (χ1v) is 6.83. The summed E-state index contributed by atoms with van der Waals surface area (Å²) in [6.07, 6.45) is 5.87. The molecule has 5 nitrogen and oxygen atoms in total. The van der Waals surface area contributed by atoms with Gasteiger partial charge in [-0.1, -0.05) is 5.16 Å². The van der Waals surface area contributed by atoms with Crippen LogP contribution in [0.1, 0.15) is 25.1 Å². The molecule has 2 aromatic heterocycles. The second-order valence-corrected chi connectivity index (χ2v) is 5.54. The van der Waals surface area contributed by atoms with Crippen molar-refractivity contribution in [2.24, 2.45) is 5.92 Å². The molecule has 2 fully saturated rings. The van der Waals surface area contributed by atoms with Crippen molar-refractivity contribution in [3.63, 3.8) is 0 Å². The fraction of sp³-hybridized carbons (Fsp3) is 0.500. The van der Waals surface area contributed by atoms with Crippen molar-refractivity contribution < 1.29 is 4.52 Å². The maximum Gasteiger partial charge on any atom is 0.259 e. The van der Waals surface area contributed by atoms with Crippen LogP contribution in [-0.2, 0) is 0 Å². The first-order chi connectivity index (χ1) is 9.29. The molecule has 0 N–H and O–H groups in total. The quantitative estimate of drug-likeness (QED) is 0.826. The maximum absolute atomic E-state index is 5.15. The number of fused-ring (bicyclic) bond motifs is 2. The standard InChI is InChI=1S/C14H16N4O/c1-9-16-14(19-17-9)11-3-5-13(15-7-11)18-8-10-2-4-12(18)6-10/h3,5,7,10,12H,2,4,6,8H2,1H3/t10-,12-/m0/s1. The van der Waals surface area contributed by atoms with Gasteiger partial charge in [-0.25, -0.2) is 4.98 Å². The van der Waals surface area contributed by atoms with E-state index in [1.165, 1.54) is 19.3 Å². The van der Waals surface area contributed by atoms with Crippen LogP contribution in [0, 0.1) is 12.8 Å². The molecule has 1 saturated carbocycles. The summed E-state index contributed by atoms with van der Waals surface area (Å²) < 4.78 is 5.15. The monoisotopic (exact) mass is 256 g/mol. The number of piperidine rings is 1. The number of hydrogen-bond acceptors (Lipinski definition) is 5. The lowest BCUT2D eigenvalue weighted by atomic mass is 10.1. The molecule has 3 heterocycles. The normalized spacial score (nSPS) is 25.2. The molecule has 2 bridgehead atoms. The maximum atomic E-state index is 5.15. The predicted molar refractivity (Wildman–Crippen MR) is 70.7 cm³/mol. The molecular formula is C14H16N4O. The molecule has 0 aromatic carbocycles. The summed E-state index contributed by atoms with van der Waals surface area (Å²) in [5, 5.41) is 3.80. The van der Waals surface area contributed by atoms with Gasteiger partial charge in [0.2, 0.25) is 0 Å². The smallest absolute Gasteiger partial charge is 0.259 e. The molecule has 5 heteroatoms. The van der Waals surface area contributed by atoms with E-state index >= 15 is 0 Å². The topological polar surface area (TPSA) is 55.1 Å². The Morgan fingerprint density at radius 1 is 1.32 bits per heavy atom. The van der Waals surface area contributed by atoms with Crippen molar-refractivity contribution >= 4 is 5.82 Å². The molecule has 0 unspecified atom stereocenters. The molecular weight excluding hydrogens is 240 g/mol. The molecule has 1 aliphatic carbocycles.